The third-order valence-corrected chi connectivity index (χ3v) is 2.85. The van der Waals surface area contributed by atoms with Gasteiger partial charge in [-0.25, -0.2) is 0 Å². The minimum atomic E-state index is -0.554. The van der Waals surface area contributed by atoms with Crippen molar-refractivity contribution in [2.45, 2.75) is 38.8 Å². The lowest BCUT2D eigenvalue weighted by Crippen LogP contribution is -2.35. The lowest BCUT2D eigenvalue weighted by Gasteiger charge is -2.24. The van der Waals surface area contributed by atoms with E-state index in [0.717, 1.165) is 0 Å². The van der Waals surface area contributed by atoms with E-state index in [9.17, 15) is 9.59 Å². The molecule has 5 nitrogen and oxygen atoms in total. The van der Waals surface area contributed by atoms with E-state index >= 15 is 0 Å². The fourth-order valence-electron chi connectivity index (χ4n) is 1.90. The van der Waals surface area contributed by atoms with Gasteiger partial charge < -0.3 is 15.8 Å². The number of ether oxygens (including phenoxy) is 1. The summed E-state index contributed by atoms with van der Waals surface area (Å²) in [6.07, 6.45) is -0.270. The molecule has 3 N–H and O–H groups in total. The van der Waals surface area contributed by atoms with Gasteiger partial charge in [0.05, 0.1) is 5.69 Å². The van der Waals surface area contributed by atoms with Crippen molar-refractivity contribution in [1.29, 1.82) is 0 Å². The van der Waals surface area contributed by atoms with Gasteiger partial charge in [0.1, 0.15) is 5.75 Å². The molecule has 1 atom stereocenters. The van der Waals surface area contributed by atoms with Crippen LogP contribution in [0.2, 0.25) is 0 Å². The summed E-state index contributed by atoms with van der Waals surface area (Å²) in [6, 6.07) is 5.02. The average Bonchev–Trinajstić information content (AvgIpc) is 2.27. The van der Waals surface area contributed by atoms with Gasteiger partial charge in [0.2, 0.25) is 0 Å². The number of hydrogen-bond donors (Lipinski definition) is 2. The van der Waals surface area contributed by atoms with Crippen LogP contribution in [0.5, 0.6) is 5.75 Å². The number of benzene rings is 1. The highest BCUT2D eigenvalue weighted by Crippen LogP contribution is 2.31. The summed E-state index contributed by atoms with van der Waals surface area (Å²) in [6.45, 7) is 5.28. The number of Topliss-reactive ketones (excluding diaryl/α,β-unsaturated/α-hetero) is 1. The van der Waals surface area contributed by atoms with Crippen molar-refractivity contribution in [3.05, 3.63) is 23.8 Å². The van der Waals surface area contributed by atoms with Gasteiger partial charge in [0.25, 0.3) is 5.91 Å². The Balaban J connectivity index is 2.24. The molecule has 5 heteroatoms. The van der Waals surface area contributed by atoms with Crippen LogP contribution < -0.4 is 15.8 Å². The molecule has 102 valence electrons. The topological polar surface area (TPSA) is 81.4 Å². The van der Waals surface area contributed by atoms with Gasteiger partial charge in [0.15, 0.2) is 11.9 Å². The number of rotatable bonds is 3. The predicted octanol–water partition coefficient (Wildman–Crippen LogP) is 1.72. The maximum absolute atomic E-state index is 12.1. The molecule has 19 heavy (non-hydrogen) atoms. The SMILES string of the molecule is CC1Oc2ccc(C(=O)CC(C)(C)N)cc2NC1=O. The summed E-state index contributed by atoms with van der Waals surface area (Å²) in [5.74, 6) is 0.315. The first-order valence-electron chi connectivity index (χ1n) is 6.20. The summed E-state index contributed by atoms with van der Waals surface area (Å²) in [7, 11) is 0. The van der Waals surface area contributed by atoms with Gasteiger partial charge >= 0.3 is 0 Å². The maximum atomic E-state index is 12.1. The molecule has 1 amide bonds. The summed E-state index contributed by atoms with van der Waals surface area (Å²) in [4.78, 5) is 23.6. The highest BCUT2D eigenvalue weighted by molar-refractivity contribution is 6.01. The highest BCUT2D eigenvalue weighted by atomic mass is 16.5. The normalized spacial score (nSPS) is 18.3. The number of amides is 1. The monoisotopic (exact) mass is 262 g/mol. The zero-order valence-corrected chi connectivity index (χ0v) is 11.3. The minimum Gasteiger partial charge on any atom is -0.479 e. The first-order valence-corrected chi connectivity index (χ1v) is 6.20. The number of carbonyl (C=O) groups excluding carboxylic acids is 2. The Morgan fingerprint density at radius 1 is 1.47 bits per heavy atom. The number of fused-ring (bicyclic) bond motifs is 1. The van der Waals surface area contributed by atoms with Crippen LogP contribution >= 0.6 is 0 Å². The van der Waals surface area contributed by atoms with E-state index in [2.05, 4.69) is 5.32 Å². The fourth-order valence-corrected chi connectivity index (χ4v) is 1.90. The second-order valence-corrected chi connectivity index (χ2v) is 5.55. The van der Waals surface area contributed by atoms with Gasteiger partial charge in [-0.3, -0.25) is 9.59 Å². The Hall–Kier alpha value is -1.88. The third kappa shape index (κ3) is 3.12. The molecule has 0 radical (unpaired) electrons. The third-order valence-electron chi connectivity index (χ3n) is 2.85. The van der Waals surface area contributed by atoms with E-state index < -0.39 is 11.6 Å². The summed E-state index contributed by atoms with van der Waals surface area (Å²) < 4.78 is 5.43. The van der Waals surface area contributed by atoms with Crippen molar-refractivity contribution in [3.63, 3.8) is 0 Å². The van der Waals surface area contributed by atoms with E-state index in [4.69, 9.17) is 10.5 Å². The van der Waals surface area contributed by atoms with Crippen molar-refractivity contribution < 1.29 is 14.3 Å². The largest absolute Gasteiger partial charge is 0.479 e. The predicted molar refractivity (Wildman–Crippen MR) is 72.4 cm³/mol. The standard InChI is InChI=1S/C14H18N2O3/c1-8-13(18)16-10-6-9(4-5-12(10)19-8)11(17)7-14(2,3)15/h4-6,8H,7,15H2,1-3H3,(H,16,18). The fraction of sp³-hybridized carbons (Fsp3) is 0.429. The summed E-state index contributed by atoms with van der Waals surface area (Å²) in [5, 5.41) is 2.72. The van der Waals surface area contributed by atoms with E-state index in [0.29, 0.717) is 17.0 Å². The average molecular weight is 262 g/mol. The second-order valence-electron chi connectivity index (χ2n) is 5.55. The van der Waals surface area contributed by atoms with E-state index in [1.807, 2.05) is 0 Å². The molecule has 1 aliphatic heterocycles. The smallest absolute Gasteiger partial charge is 0.265 e. The lowest BCUT2D eigenvalue weighted by atomic mass is 9.95. The Kier molecular flexibility index (Phi) is 3.32. The van der Waals surface area contributed by atoms with Gasteiger partial charge in [-0.15, -0.1) is 0 Å². The lowest BCUT2D eigenvalue weighted by molar-refractivity contribution is -0.122. The van der Waals surface area contributed by atoms with Crippen LogP contribution in [0.4, 0.5) is 5.69 Å². The van der Waals surface area contributed by atoms with E-state index in [-0.39, 0.29) is 18.1 Å². The first kappa shape index (κ1) is 13.5. The molecule has 0 aliphatic carbocycles. The van der Waals surface area contributed by atoms with E-state index in [1.165, 1.54) is 0 Å². The molecule has 1 aromatic rings. The molecular formula is C14H18N2O3. The van der Waals surface area contributed by atoms with Crippen LogP contribution in [-0.4, -0.2) is 23.3 Å². The van der Waals surface area contributed by atoms with Crippen LogP contribution in [0.15, 0.2) is 18.2 Å². The Morgan fingerprint density at radius 2 is 2.16 bits per heavy atom. The Bertz CT molecular complexity index is 532. The van der Waals surface area contributed by atoms with Crippen molar-refractivity contribution in [1.82, 2.24) is 0 Å². The minimum absolute atomic E-state index is 0.0526. The molecule has 0 aromatic heterocycles. The summed E-state index contributed by atoms with van der Waals surface area (Å²) in [5.41, 5.74) is 6.34. The molecule has 0 saturated carbocycles. The molecule has 0 fully saturated rings. The number of anilines is 1. The number of carbonyl (C=O) groups is 2. The first-order chi connectivity index (χ1) is 8.76. The molecule has 2 rings (SSSR count). The number of nitrogens with one attached hydrogen (secondary N) is 1. The van der Waals surface area contributed by atoms with Crippen LogP contribution in [-0.2, 0) is 4.79 Å². The molecule has 1 heterocycles. The molecule has 0 saturated heterocycles. The zero-order valence-electron chi connectivity index (χ0n) is 11.3. The van der Waals surface area contributed by atoms with Crippen molar-refractivity contribution in [2.24, 2.45) is 5.73 Å². The van der Waals surface area contributed by atoms with Gasteiger partial charge in [0, 0.05) is 17.5 Å². The molecule has 1 aliphatic rings. The van der Waals surface area contributed by atoms with Crippen LogP contribution in [0, 0.1) is 0 Å². The quantitative estimate of drug-likeness (QED) is 0.813. The molecule has 1 unspecified atom stereocenters. The van der Waals surface area contributed by atoms with Crippen molar-refractivity contribution in [2.75, 3.05) is 5.32 Å². The Labute approximate surface area is 112 Å². The molecule has 1 aromatic carbocycles. The Morgan fingerprint density at radius 3 is 2.79 bits per heavy atom. The number of ketones is 1. The van der Waals surface area contributed by atoms with Crippen LogP contribution in [0.25, 0.3) is 0 Å². The van der Waals surface area contributed by atoms with Crippen LogP contribution in [0.3, 0.4) is 0 Å². The van der Waals surface area contributed by atoms with Gasteiger partial charge in [-0.2, -0.15) is 0 Å². The second kappa shape index (κ2) is 4.66. The zero-order chi connectivity index (χ0) is 14.2. The molecular weight excluding hydrogens is 244 g/mol. The van der Waals surface area contributed by atoms with Gasteiger partial charge in [-0.1, -0.05) is 0 Å². The summed E-state index contributed by atoms with van der Waals surface area (Å²) >= 11 is 0. The highest BCUT2D eigenvalue weighted by Gasteiger charge is 2.25. The van der Waals surface area contributed by atoms with Crippen LogP contribution in [0.1, 0.15) is 37.6 Å². The number of nitrogens with two attached hydrogens (primary N) is 1. The number of hydrogen-bond acceptors (Lipinski definition) is 4. The van der Waals surface area contributed by atoms with Gasteiger partial charge in [-0.05, 0) is 39.0 Å². The maximum Gasteiger partial charge on any atom is 0.265 e. The van der Waals surface area contributed by atoms with Crippen molar-refractivity contribution in [3.8, 4) is 5.75 Å². The van der Waals surface area contributed by atoms with Crippen molar-refractivity contribution >= 4 is 17.4 Å². The molecule has 0 spiro atoms. The van der Waals surface area contributed by atoms with E-state index in [1.54, 1.807) is 39.0 Å². The molecule has 0 bridgehead atoms.